The van der Waals surface area contributed by atoms with Gasteiger partial charge in [-0.2, -0.15) is 0 Å². The number of rotatable bonds is 1. The Labute approximate surface area is 64.0 Å². The number of carbonyl (C=O) groups is 1. The predicted octanol–water partition coefficient (Wildman–Crippen LogP) is -0.129. The standard InChI is InChI=1S/C3H6O3.ClH.Fe/c1-2(4)3(5)6;;/h2,4H,1H3,(H,5,6);1H;. The Balaban J connectivity index is -0.000000125. The normalized spacial score (nSPS) is 10.2. The van der Waals surface area contributed by atoms with Gasteiger partial charge in [-0.15, -0.1) is 12.4 Å². The summed E-state index contributed by atoms with van der Waals surface area (Å²) in [5, 5.41) is 15.8. The Morgan fingerprint density at radius 2 is 1.75 bits per heavy atom. The van der Waals surface area contributed by atoms with Gasteiger partial charge in [-0.05, 0) is 6.92 Å². The van der Waals surface area contributed by atoms with Gasteiger partial charge in [-0.1, -0.05) is 0 Å². The van der Waals surface area contributed by atoms with Crippen LogP contribution in [-0.4, -0.2) is 22.3 Å². The van der Waals surface area contributed by atoms with Crippen molar-refractivity contribution in [3.63, 3.8) is 0 Å². The van der Waals surface area contributed by atoms with E-state index in [1.165, 1.54) is 6.92 Å². The van der Waals surface area contributed by atoms with Crippen LogP contribution in [0.3, 0.4) is 0 Å². The van der Waals surface area contributed by atoms with E-state index in [0.29, 0.717) is 0 Å². The van der Waals surface area contributed by atoms with Crippen molar-refractivity contribution in [2.24, 2.45) is 0 Å². The Kier molecular flexibility index (Phi) is 14.2. The quantitative estimate of drug-likeness (QED) is 0.556. The summed E-state index contributed by atoms with van der Waals surface area (Å²) in [5.74, 6) is -1.19. The zero-order valence-electron chi connectivity index (χ0n) is 4.14. The first-order valence-corrected chi connectivity index (χ1v) is 1.55. The van der Waals surface area contributed by atoms with Gasteiger partial charge in [0.15, 0.2) is 0 Å². The van der Waals surface area contributed by atoms with E-state index in [0.717, 1.165) is 0 Å². The van der Waals surface area contributed by atoms with Crippen LogP contribution in [0.15, 0.2) is 0 Å². The molecule has 52 valence electrons. The second-order valence-electron chi connectivity index (χ2n) is 1.01. The zero-order valence-corrected chi connectivity index (χ0v) is 6.06. The minimum atomic E-state index is -1.23. The maximum atomic E-state index is 9.45. The van der Waals surface area contributed by atoms with Gasteiger partial charge < -0.3 is 10.2 Å². The number of carboxylic acids is 1. The smallest absolute Gasteiger partial charge is 0.332 e. The molecule has 0 aliphatic rings. The van der Waals surface area contributed by atoms with Gasteiger partial charge in [0, 0.05) is 17.1 Å². The molecule has 8 heavy (non-hydrogen) atoms. The fourth-order valence-electron chi connectivity index (χ4n) is 0. The van der Waals surface area contributed by atoms with E-state index in [1.807, 2.05) is 0 Å². The molecule has 0 saturated carbocycles. The van der Waals surface area contributed by atoms with E-state index in [4.69, 9.17) is 10.2 Å². The van der Waals surface area contributed by atoms with Crippen LogP contribution >= 0.6 is 12.4 Å². The Morgan fingerprint density at radius 3 is 1.75 bits per heavy atom. The van der Waals surface area contributed by atoms with Crippen molar-refractivity contribution < 1.29 is 32.1 Å². The first kappa shape index (κ1) is 15.7. The molecule has 0 aromatic carbocycles. The van der Waals surface area contributed by atoms with Crippen LogP contribution in [0.5, 0.6) is 0 Å². The molecule has 0 aliphatic carbocycles. The number of hydrogen-bond donors (Lipinski definition) is 2. The van der Waals surface area contributed by atoms with Crippen molar-refractivity contribution in [3.05, 3.63) is 0 Å². The number of aliphatic carboxylic acids is 1. The number of aliphatic hydroxyl groups is 1. The average molecular weight is 182 g/mol. The van der Waals surface area contributed by atoms with Crippen LogP contribution in [0.2, 0.25) is 0 Å². The average Bonchev–Trinajstić information content (AvgIpc) is 1.36. The summed E-state index contributed by atoms with van der Waals surface area (Å²) in [7, 11) is 0. The summed E-state index contributed by atoms with van der Waals surface area (Å²) in [6, 6.07) is 0. The van der Waals surface area contributed by atoms with Crippen LogP contribution in [0, 0.1) is 0 Å². The SMILES string of the molecule is CC(O)C(=O)O.Cl.[Fe]. The van der Waals surface area contributed by atoms with Crippen molar-refractivity contribution in [2.75, 3.05) is 0 Å². The number of halogens is 1. The summed E-state index contributed by atoms with van der Waals surface area (Å²) >= 11 is 0. The molecule has 3 nitrogen and oxygen atoms in total. The third kappa shape index (κ3) is 9.53. The number of hydrogen-bond acceptors (Lipinski definition) is 2. The predicted molar refractivity (Wildman–Crippen MR) is 26.6 cm³/mol. The zero-order chi connectivity index (χ0) is 5.15. The maximum absolute atomic E-state index is 9.45. The molecule has 0 spiro atoms. The number of carboxylic acid groups (broad SMARTS) is 1. The molecule has 0 aliphatic heterocycles. The van der Waals surface area contributed by atoms with Gasteiger partial charge in [-0.25, -0.2) is 4.79 Å². The largest absolute Gasteiger partial charge is 0.479 e. The molecular weight excluding hydrogens is 175 g/mol. The minimum Gasteiger partial charge on any atom is -0.479 e. The van der Waals surface area contributed by atoms with Crippen LogP contribution in [0.4, 0.5) is 0 Å². The Bertz CT molecular complexity index is 65.5. The fourth-order valence-corrected chi connectivity index (χ4v) is 0. The first-order valence-electron chi connectivity index (χ1n) is 1.55. The summed E-state index contributed by atoms with van der Waals surface area (Å²) in [6.45, 7) is 1.20. The molecule has 0 aromatic heterocycles. The molecule has 0 saturated heterocycles. The van der Waals surface area contributed by atoms with Crippen LogP contribution in [0.1, 0.15) is 6.92 Å². The van der Waals surface area contributed by atoms with Crippen molar-refractivity contribution in [1.29, 1.82) is 0 Å². The third-order valence-electron chi connectivity index (χ3n) is 0.357. The number of aliphatic hydroxyl groups excluding tert-OH is 1. The molecule has 0 rings (SSSR count). The molecular formula is C3H7ClFeO3. The van der Waals surface area contributed by atoms with E-state index in [9.17, 15) is 4.79 Å². The van der Waals surface area contributed by atoms with Gasteiger partial charge in [0.05, 0.1) is 0 Å². The van der Waals surface area contributed by atoms with Crippen LogP contribution in [0.25, 0.3) is 0 Å². The molecule has 0 bridgehead atoms. The summed E-state index contributed by atoms with van der Waals surface area (Å²) in [6.07, 6.45) is -1.23. The van der Waals surface area contributed by atoms with E-state index < -0.39 is 12.1 Å². The topological polar surface area (TPSA) is 57.5 Å². The molecule has 0 heterocycles. The molecule has 0 aromatic rings. The Hall–Kier alpha value is 0.239. The Morgan fingerprint density at radius 1 is 1.62 bits per heavy atom. The van der Waals surface area contributed by atoms with Crippen LogP contribution < -0.4 is 0 Å². The molecule has 1 atom stereocenters. The van der Waals surface area contributed by atoms with Crippen molar-refractivity contribution in [3.8, 4) is 0 Å². The van der Waals surface area contributed by atoms with Gasteiger partial charge in [-0.3, -0.25) is 0 Å². The van der Waals surface area contributed by atoms with Crippen LogP contribution in [-0.2, 0) is 21.9 Å². The second-order valence-corrected chi connectivity index (χ2v) is 1.01. The molecule has 0 amide bonds. The van der Waals surface area contributed by atoms with E-state index in [2.05, 4.69) is 0 Å². The molecule has 0 radical (unpaired) electrons. The van der Waals surface area contributed by atoms with Gasteiger partial charge in [0.25, 0.3) is 0 Å². The van der Waals surface area contributed by atoms with E-state index >= 15 is 0 Å². The van der Waals surface area contributed by atoms with Crippen molar-refractivity contribution >= 4 is 18.4 Å². The first-order chi connectivity index (χ1) is 2.64. The van der Waals surface area contributed by atoms with Crippen molar-refractivity contribution in [1.82, 2.24) is 0 Å². The second kappa shape index (κ2) is 7.24. The monoisotopic (exact) mass is 182 g/mol. The van der Waals surface area contributed by atoms with Gasteiger partial charge in [0.2, 0.25) is 0 Å². The van der Waals surface area contributed by atoms with Gasteiger partial charge >= 0.3 is 5.97 Å². The third-order valence-corrected chi connectivity index (χ3v) is 0.357. The molecule has 5 heteroatoms. The molecule has 0 fully saturated rings. The fraction of sp³-hybridized carbons (Fsp3) is 0.667. The minimum absolute atomic E-state index is 0. The summed E-state index contributed by atoms with van der Waals surface area (Å²) in [4.78, 5) is 9.45. The maximum Gasteiger partial charge on any atom is 0.332 e. The summed E-state index contributed by atoms with van der Waals surface area (Å²) < 4.78 is 0. The molecule has 2 N–H and O–H groups in total. The van der Waals surface area contributed by atoms with Crippen molar-refractivity contribution in [2.45, 2.75) is 13.0 Å². The molecule has 1 unspecified atom stereocenters. The van der Waals surface area contributed by atoms with Gasteiger partial charge in [0.1, 0.15) is 6.10 Å². The van der Waals surface area contributed by atoms with E-state index in [1.54, 1.807) is 0 Å². The van der Waals surface area contributed by atoms with E-state index in [-0.39, 0.29) is 29.5 Å². The summed E-state index contributed by atoms with van der Waals surface area (Å²) in [5.41, 5.74) is 0.